The lowest BCUT2D eigenvalue weighted by Gasteiger charge is -2.14. The zero-order valence-corrected chi connectivity index (χ0v) is 10.7. The summed E-state index contributed by atoms with van der Waals surface area (Å²) in [7, 11) is 0. The van der Waals surface area contributed by atoms with Crippen LogP contribution in [0.15, 0.2) is 23.3 Å². The highest BCUT2D eigenvalue weighted by molar-refractivity contribution is 5.70. The Labute approximate surface area is 113 Å². The summed E-state index contributed by atoms with van der Waals surface area (Å²) in [5.41, 5.74) is 6.49. The fourth-order valence-corrected chi connectivity index (χ4v) is 2.77. The van der Waals surface area contributed by atoms with Gasteiger partial charge in [0.1, 0.15) is 0 Å². The number of hydrogen-bond acceptors (Lipinski definition) is 5. The van der Waals surface area contributed by atoms with E-state index in [0.717, 1.165) is 5.57 Å². The van der Waals surface area contributed by atoms with Crippen LogP contribution < -0.4 is 11.3 Å². The molecule has 3 rings (SSSR count). The summed E-state index contributed by atoms with van der Waals surface area (Å²) in [6.45, 7) is 4.05. The summed E-state index contributed by atoms with van der Waals surface area (Å²) in [5.74, 6) is -0.248. The fourth-order valence-electron chi connectivity index (χ4n) is 2.77. The van der Waals surface area contributed by atoms with Crippen LogP contribution >= 0.6 is 0 Å². The molecule has 0 spiro atoms. The van der Waals surface area contributed by atoms with Crippen molar-refractivity contribution >= 4 is 17.1 Å². The van der Waals surface area contributed by atoms with Crippen molar-refractivity contribution in [1.82, 2.24) is 19.5 Å². The first-order chi connectivity index (χ1) is 9.52. The lowest BCUT2D eigenvalue weighted by molar-refractivity contribution is 0.101. The number of imidazole rings is 1. The van der Waals surface area contributed by atoms with Crippen molar-refractivity contribution in [2.45, 2.75) is 18.6 Å². The molecule has 0 aliphatic heterocycles. The Bertz CT molecular complexity index is 734. The van der Waals surface area contributed by atoms with Crippen molar-refractivity contribution in [3.63, 3.8) is 0 Å². The van der Waals surface area contributed by atoms with Crippen molar-refractivity contribution in [3.8, 4) is 0 Å². The third-order valence-corrected chi connectivity index (χ3v) is 3.84. The maximum Gasteiger partial charge on any atom is 0.280 e. The molecule has 0 saturated heterocycles. The number of nitrogens with one attached hydrogen (secondary N) is 1. The number of anilines is 1. The van der Waals surface area contributed by atoms with E-state index < -0.39 is 11.7 Å². The molecule has 1 saturated carbocycles. The minimum atomic E-state index is -0.609. The number of H-pyrrole nitrogens is 1. The van der Waals surface area contributed by atoms with E-state index in [1.807, 2.05) is 0 Å². The number of rotatable bonds is 2. The Hall–Kier alpha value is -2.19. The Morgan fingerprint density at radius 2 is 2.40 bits per heavy atom. The van der Waals surface area contributed by atoms with Gasteiger partial charge < -0.3 is 20.5 Å². The van der Waals surface area contributed by atoms with Gasteiger partial charge in [-0.2, -0.15) is 4.98 Å². The number of nitrogens with zero attached hydrogens (tertiary/aromatic N) is 3. The number of nitrogens with two attached hydrogens (primary N) is 1. The molecule has 6 N–H and O–H groups in total. The zero-order valence-electron chi connectivity index (χ0n) is 10.7. The number of aromatic amines is 1. The minimum Gasteiger partial charge on any atom is -0.445 e. The second kappa shape index (κ2) is 4.43. The van der Waals surface area contributed by atoms with Gasteiger partial charge in [0.05, 0.1) is 24.4 Å². The van der Waals surface area contributed by atoms with Crippen molar-refractivity contribution in [2.24, 2.45) is 5.92 Å². The van der Waals surface area contributed by atoms with Gasteiger partial charge in [0.25, 0.3) is 5.56 Å². The summed E-state index contributed by atoms with van der Waals surface area (Å²) in [4.78, 5) is 22.3. The molecule has 1 aliphatic rings. The van der Waals surface area contributed by atoms with Crippen LogP contribution in [0.5, 0.6) is 0 Å². The van der Waals surface area contributed by atoms with Gasteiger partial charge in [-0.3, -0.25) is 9.78 Å². The van der Waals surface area contributed by atoms with E-state index in [1.165, 1.54) is 6.33 Å². The summed E-state index contributed by atoms with van der Waals surface area (Å²) in [6.07, 6.45) is 1.32. The molecule has 1 fully saturated rings. The topological polar surface area (TPSA) is 133 Å². The molecule has 1 aliphatic carbocycles. The van der Waals surface area contributed by atoms with Crippen LogP contribution in [0.4, 0.5) is 5.95 Å². The quantitative estimate of drug-likeness (QED) is 0.474. The third kappa shape index (κ3) is 1.73. The summed E-state index contributed by atoms with van der Waals surface area (Å²) in [6, 6.07) is -0.223. The molecule has 0 radical (unpaired) electrons. The van der Waals surface area contributed by atoms with E-state index in [-0.39, 0.29) is 30.0 Å². The van der Waals surface area contributed by atoms with Crippen molar-refractivity contribution < 1.29 is 10.2 Å². The van der Waals surface area contributed by atoms with Crippen LogP contribution in [0.3, 0.4) is 0 Å². The maximum absolute atomic E-state index is 11.7. The fraction of sp³-hybridized carbons (Fsp3) is 0.417. The molecule has 2 aromatic rings. The highest BCUT2D eigenvalue weighted by Gasteiger charge is 2.39. The lowest BCUT2D eigenvalue weighted by Crippen LogP contribution is -2.17. The smallest absolute Gasteiger partial charge is 0.280 e. The summed E-state index contributed by atoms with van der Waals surface area (Å²) >= 11 is 0. The van der Waals surface area contributed by atoms with E-state index in [0.29, 0.717) is 12.1 Å². The standard InChI is InChI=1S/C12H15N5O3/c1-5-6(3-18)8(19)2-7(5)17-4-14-9-10(17)15-12(13)16-11(9)20/h4,6-8,18-19H,1-3H2,(H3,13,15,16,20)/p+1/t6-,7-,8-/m0/s1. The second-order valence-corrected chi connectivity index (χ2v) is 4.98. The van der Waals surface area contributed by atoms with E-state index in [4.69, 9.17) is 10.8 Å². The first kappa shape index (κ1) is 12.8. The molecule has 2 heterocycles. The van der Waals surface area contributed by atoms with Crippen molar-refractivity contribution in [3.05, 3.63) is 28.8 Å². The van der Waals surface area contributed by atoms with E-state index >= 15 is 0 Å². The zero-order chi connectivity index (χ0) is 14.4. The third-order valence-electron chi connectivity index (χ3n) is 3.84. The molecular weight excluding hydrogens is 262 g/mol. The largest absolute Gasteiger partial charge is 0.445 e. The molecule has 106 valence electrons. The molecule has 0 aromatic carbocycles. The van der Waals surface area contributed by atoms with Gasteiger partial charge in [0.15, 0.2) is 17.8 Å². The van der Waals surface area contributed by atoms with E-state index in [9.17, 15) is 9.90 Å². The number of aromatic nitrogens is 4. The van der Waals surface area contributed by atoms with Gasteiger partial charge in [-0.05, 0) is 12.0 Å². The molecule has 8 heteroatoms. The van der Waals surface area contributed by atoms with Crippen LogP contribution in [-0.2, 0) is 0 Å². The van der Waals surface area contributed by atoms with Crippen LogP contribution in [0.2, 0.25) is 0 Å². The monoisotopic (exact) mass is 278 g/mol. The van der Waals surface area contributed by atoms with Crippen molar-refractivity contribution in [1.29, 1.82) is 0 Å². The molecule has 0 unspecified atom stereocenters. The van der Waals surface area contributed by atoms with Crippen molar-refractivity contribution in [2.75, 3.05) is 12.3 Å². The Balaban J connectivity index is 2.12. The predicted molar refractivity (Wildman–Crippen MR) is 73.3 cm³/mol. The molecule has 20 heavy (non-hydrogen) atoms. The number of hydrogen-bond donors (Lipinski definition) is 3. The van der Waals surface area contributed by atoms with E-state index in [1.54, 1.807) is 4.57 Å². The average Bonchev–Trinajstić information content (AvgIpc) is 2.91. The van der Waals surface area contributed by atoms with E-state index in [2.05, 4.69) is 21.5 Å². The lowest BCUT2D eigenvalue weighted by atomic mass is 10.0. The summed E-state index contributed by atoms with van der Waals surface area (Å²) in [5, 5.41) is 17.5. The summed E-state index contributed by atoms with van der Waals surface area (Å²) < 4.78 is 1.70. The van der Waals surface area contributed by atoms with Gasteiger partial charge in [-0.15, -0.1) is 0 Å². The number of nitrogen functional groups attached to an aromatic ring is 1. The predicted octanol–water partition coefficient (Wildman–Crippen LogP) is -1.10. The number of aliphatic hydroxyl groups excluding tert-OH is 1. The van der Waals surface area contributed by atoms with Crippen LogP contribution in [0.1, 0.15) is 12.5 Å². The molecular formula is C12H16N5O3+. The average molecular weight is 278 g/mol. The van der Waals surface area contributed by atoms with Crippen LogP contribution in [0.25, 0.3) is 11.2 Å². The Morgan fingerprint density at radius 1 is 1.65 bits per heavy atom. The first-order valence-electron chi connectivity index (χ1n) is 6.26. The van der Waals surface area contributed by atoms with Gasteiger partial charge in [-0.1, -0.05) is 6.58 Å². The number of fused-ring (bicyclic) bond motifs is 1. The molecule has 3 atom stereocenters. The van der Waals surface area contributed by atoms with Gasteiger partial charge in [-0.25, -0.2) is 4.98 Å². The SMILES string of the molecule is C=C1[C@H](C[OH2+])[C@@H](O)C[C@@H]1n1cnc2c(=O)[nH]c(N)nc21. The number of aliphatic hydroxyl groups is 1. The highest BCUT2D eigenvalue weighted by atomic mass is 16.3. The van der Waals surface area contributed by atoms with Crippen LogP contribution in [-0.4, -0.2) is 42.4 Å². The van der Waals surface area contributed by atoms with Gasteiger partial charge in [0, 0.05) is 0 Å². The van der Waals surface area contributed by atoms with Gasteiger partial charge in [0.2, 0.25) is 5.95 Å². The maximum atomic E-state index is 11.7. The Kier molecular flexibility index (Phi) is 2.84. The molecule has 2 aromatic heterocycles. The normalized spacial score (nSPS) is 26.5. The molecule has 0 amide bonds. The van der Waals surface area contributed by atoms with Gasteiger partial charge >= 0.3 is 0 Å². The minimum absolute atomic E-state index is 0.0189. The Morgan fingerprint density at radius 3 is 3.05 bits per heavy atom. The first-order valence-corrected chi connectivity index (χ1v) is 6.26. The highest BCUT2D eigenvalue weighted by Crippen LogP contribution is 2.39. The second-order valence-electron chi connectivity index (χ2n) is 4.98. The molecule has 0 bridgehead atoms. The van der Waals surface area contributed by atoms with Crippen LogP contribution in [0, 0.1) is 5.92 Å². The molecule has 8 nitrogen and oxygen atoms in total.